The number of imidazole rings is 1. The van der Waals surface area contributed by atoms with Crippen molar-refractivity contribution in [3.63, 3.8) is 0 Å². The Morgan fingerprint density at radius 3 is 2.73 bits per heavy atom. The highest BCUT2D eigenvalue weighted by molar-refractivity contribution is 6.03. The lowest BCUT2D eigenvalue weighted by atomic mass is 10.2. The van der Waals surface area contributed by atoms with Gasteiger partial charge >= 0.3 is 0 Å². The van der Waals surface area contributed by atoms with Crippen LogP contribution in [0.4, 0.5) is 11.6 Å². The summed E-state index contributed by atoms with van der Waals surface area (Å²) < 4.78 is 1.89. The summed E-state index contributed by atoms with van der Waals surface area (Å²) in [5.74, 6) is 0.282. The quantitative estimate of drug-likeness (QED) is 0.726. The Kier molecular flexibility index (Phi) is 3.87. The molecule has 110 valence electrons. The van der Waals surface area contributed by atoms with Crippen LogP contribution in [0.1, 0.15) is 15.9 Å². The molecule has 0 aliphatic rings. The van der Waals surface area contributed by atoms with Crippen LogP contribution >= 0.6 is 0 Å². The molecular formula is C17H16N4O. The first-order valence-corrected chi connectivity index (χ1v) is 6.94. The molecule has 0 spiro atoms. The molecule has 3 rings (SSSR count). The van der Waals surface area contributed by atoms with Crippen molar-refractivity contribution in [3.8, 4) is 0 Å². The molecular weight excluding hydrogens is 276 g/mol. The van der Waals surface area contributed by atoms with Gasteiger partial charge in [0.2, 0.25) is 5.95 Å². The molecule has 0 fully saturated rings. The average molecular weight is 292 g/mol. The van der Waals surface area contributed by atoms with E-state index in [1.807, 2.05) is 41.1 Å². The topological polar surface area (TPSA) is 72.9 Å². The molecule has 0 atom stereocenters. The molecule has 0 unspecified atom stereocenters. The molecule has 5 heteroatoms. The third-order valence-electron chi connectivity index (χ3n) is 3.29. The minimum Gasteiger partial charge on any atom is -0.399 e. The molecule has 1 aromatic heterocycles. The second-order valence-corrected chi connectivity index (χ2v) is 4.94. The van der Waals surface area contributed by atoms with Crippen molar-refractivity contribution in [3.05, 3.63) is 78.1 Å². The predicted octanol–water partition coefficient (Wildman–Crippen LogP) is 2.77. The highest BCUT2D eigenvalue weighted by Gasteiger charge is 2.10. The number of hydrogen-bond donors (Lipinski definition) is 2. The minimum atomic E-state index is -0.229. The maximum atomic E-state index is 12.2. The molecule has 0 saturated heterocycles. The van der Waals surface area contributed by atoms with Crippen molar-refractivity contribution in [2.75, 3.05) is 11.1 Å². The first-order chi connectivity index (χ1) is 10.7. The maximum Gasteiger partial charge on any atom is 0.258 e. The van der Waals surface area contributed by atoms with Crippen LogP contribution in [-0.2, 0) is 6.54 Å². The lowest BCUT2D eigenvalue weighted by Crippen LogP contribution is -2.16. The van der Waals surface area contributed by atoms with Crippen molar-refractivity contribution >= 4 is 17.5 Å². The van der Waals surface area contributed by atoms with Gasteiger partial charge in [-0.2, -0.15) is 0 Å². The smallest absolute Gasteiger partial charge is 0.258 e. The molecule has 3 N–H and O–H groups in total. The number of nitrogens with one attached hydrogen (secondary N) is 1. The highest BCUT2D eigenvalue weighted by Crippen LogP contribution is 2.12. The fourth-order valence-corrected chi connectivity index (χ4v) is 2.19. The van der Waals surface area contributed by atoms with Gasteiger partial charge in [0.15, 0.2) is 0 Å². The van der Waals surface area contributed by atoms with E-state index in [1.165, 1.54) is 0 Å². The fourth-order valence-electron chi connectivity index (χ4n) is 2.19. The molecule has 0 bridgehead atoms. The summed E-state index contributed by atoms with van der Waals surface area (Å²) in [5, 5.41) is 2.81. The summed E-state index contributed by atoms with van der Waals surface area (Å²) >= 11 is 0. The SMILES string of the molecule is Nc1cccc(C(=O)Nc2nccn2Cc2ccccc2)c1. The molecule has 0 saturated carbocycles. The van der Waals surface area contributed by atoms with E-state index in [2.05, 4.69) is 10.3 Å². The zero-order chi connectivity index (χ0) is 15.4. The van der Waals surface area contributed by atoms with Crippen LogP contribution in [0.25, 0.3) is 0 Å². The summed E-state index contributed by atoms with van der Waals surface area (Å²) in [7, 11) is 0. The van der Waals surface area contributed by atoms with E-state index in [0.717, 1.165) is 5.56 Å². The van der Waals surface area contributed by atoms with Crippen molar-refractivity contribution in [2.24, 2.45) is 0 Å². The van der Waals surface area contributed by atoms with Gasteiger partial charge in [-0.15, -0.1) is 0 Å². The molecule has 5 nitrogen and oxygen atoms in total. The summed E-state index contributed by atoms with van der Waals surface area (Å²) in [6.45, 7) is 0.646. The van der Waals surface area contributed by atoms with E-state index in [0.29, 0.717) is 23.7 Å². The standard InChI is InChI=1S/C17H16N4O/c18-15-8-4-7-14(11-15)16(22)20-17-19-9-10-21(17)12-13-5-2-1-3-6-13/h1-11H,12,18H2,(H,19,20,22). The number of aromatic nitrogens is 2. The Bertz CT molecular complexity index is 780. The third-order valence-corrected chi connectivity index (χ3v) is 3.29. The predicted molar refractivity (Wildman–Crippen MR) is 86.6 cm³/mol. The monoisotopic (exact) mass is 292 g/mol. The maximum absolute atomic E-state index is 12.2. The summed E-state index contributed by atoms with van der Waals surface area (Å²) in [5.41, 5.74) is 7.90. The van der Waals surface area contributed by atoms with E-state index in [1.54, 1.807) is 30.5 Å². The number of hydrogen-bond acceptors (Lipinski definition) is 3. The van der Waals surface area contributed by atoms with Gasteiger partial charge in [-0.25, -0.2) is 4.98 Å². The van der Waals surface area contributed by atoms with Crippen molar-refractivity contribution in [2.45, 2.75) is 6.54 Å². The molecule has 0 aliphatic heterocycles. The summed E-state index contributed by atoms with van der Waals surface area (Å²) in [4.78, 5) is 16.4. The number of nitrogen functional groups attached to an aromatic ring is 1. The number of anilines is 2. The number of amides is 1. The average Bonchev–Trinajstić information content (AvgIpc) is 2.95. The van der Waals surface area contributed by atoms with E-state index in [4.69, 9.17) is 5.73 Å². The Labute approximate surface area is 128 Å². The van der Waals surface area contributed by atoms with Crippen LogP contribution in [0.2, 0.25) is 0 Å². The van der Waals surface area contributed by atoms with Crippen LogP contribution in [0.5, 0.6) is 0 Å². The first kappa shape index (κ1) is 13.9. The molecule has 0 radical (unpaired) electrons. The molecule has 22 heavy (non-hydrogen) atoms. The van der Waals surface area contributed by atoms with Gasteiger partial charge < -0.3 is 10.3 Å². The van der Waals surface area contributed by atoms with Crippen molar-refractivity contribution < 1.29 is 4.79 Å². The third kappa shape index (κ3) is 3.15. The highest BCUT2D eigenvalue weighted by atomic mass is 16.1. The van der Waals surface area contributed by atoms with Gasteiger partial charge in [0.1, 0.15) is 0 Å². The van der Waals surface area contributed by atoms with E-state index < -0.39 is 0 Å². The van der Waals surface area contributed by atoms with Gasteiger partial charge in [-0.1, -0.05) is 36.4 Å². The lowest BCUT2D eigenvalue weighted by molar-refractivity contribution is 0.102. The Morgan fingerprint density at radius 1 is 1.14 bits per heavy atom. The largest absolute Gasteiger partial charge is 0.399 e. The molecule has 1 amide bonds. The first-order valence-electron chi connectivity index (χ1n) is 6.94. The zero-order valence-electron chi connectivity index (χ0n) is 11.9. The zero-order valence-corrected chi connectivity index (χ0v) is 11.9. The molecule has 2 aromatic carbocycles. The molecule has 1 heterocycles. The number of rotatable bonds is 4. The van der Waals surface area contributed by atoms with Gasteiger partial charge in [0.25, 0.3) is 5.91 Å². The Balaban J connectivity index is 1.76. The normalized spacial score (nSPS) is 10.4. The number of nitrogens with two attached hydrogens (primary N) is 1. The minimum absolute atomic E-state index is 0.229. The second kappa shape index (κ2) is 6.13. The van der Waals surface area contributed by atoms with Crippen LogP contribution in [0, 0.1) is 0 Å². The van der Waals surface area contributed by atoms with E-state index in [-0.39, 0.29) is 5.91 Å². The summed E-state index contributed by atoms with van der Waals surface area (Å²) in [6, 6.07) is 16.9. The van der Waals surface area contributed by atoms with Crippen LogP contribution in [0.15, 0.2) is 67.0 Å². The summed E-state index contributed by atoms with van der Waals surface area (Å²) in [6.07, 6.45) is 3.50. The second-order valence-electron chi connectivity index (χ2n) is 4.94. The Hall–Kier alpha value is -3.08. The van der Waals surface area contributed by atoms with Gasteiger partial charge in [-0.05, 0) is 23.8 Å². The number of nitrogens with zero attached hydrogens (tertiary/aromatic N) is 2. The lowest BCUT2D eigenvalue weighted by Gasteiger charge is -2.09. The van der Waals surface area contributed by atoms with E-state index >= 15 is 0 Å². The number of carbonyl (C=O) groups excluding carboxylic acids is 1. The number of carbonyl (C=O) groups is 1. The molecule has 3 aromatic rings. The van der Waals surface area contributed by atoms with Crippen LogP contribution < -0.4 is 11.1 Å². The van der Waals surface area contributed by atoms with Gasteiger partial charge in [0.05, 0.1) is 6.54 Å². The van der Waals surface area contributed by atoms with Crippen molar-refractivity contribution in [1.82, 2.24) is 9.55 Å². The Morgan fingerprint density at radius 2 is 1.95 bits per heavy atom. The van der Waals surface area contributed by atoms with Gasteiger partial charge in [-0.3, -0.25) is 10.1 Å². The van der Waals surface area contributed by atoms with Crippen LogP contribution in [0.3, 0.4) is 0 Å². The molecule has 0 aliphatic carbocycles. The number of benzene rings is 2. The van der Waals surface area contributed by atoms with E-state index in [9.17, 15) is 4.79 Å². The fraction of sp³-hybridized carbons (Fsp3) is 0.0588. The van der Waals surface area contributed by atoms with Gasteiger partial charge in [0, 0.05) is 23.6 Å². The van der Waals surface area contributed by atoms with Crippen LogP contribution in [-0.4, -0.2) is 15.5 Å². The van der Waals surface area contributed by atoms with Crippen molar-refractivity contribution in [1.29, 1.82) is 0 Å².